The summed E-state index contributed by atoms with van der Waals surface area (Å²) in [4.78, 5) is 10.7. The van der Waals surface area contributed by atoms with E-state index in [9.17, 15) is 4.79 Å². The summed E-state index contributed by atoms with van der Waals surface area (Å²) in [7, 11) is 0. The highest BCUT2D eigenvalue weighted by Crippen LogP contribution is 2.14. The van der Waals surface area contributed by atoms with E-state index in [0.29, 0.717) is 18.3 Å². The standard InChI is InChI=1S/C13H16N2O3S/c1-2-10-3-5-11(6-4-10)17-7-8-19-9-12-14-15-13(16)18-12/h3-6H,2,7-9H2,1H3,(H,15,16). The van der Waals surface area contributed by atoms with Gasteiger partial charge in [-0.3, -0.25) is 0 Å². The molecule has 102 valence electrons. The van der Waals surface area contributed by atoms with Gasteiger partial charge in [0.1, 0.15) is 5.75 Å². The molecular weight excluding hydrogens is 264 g/mol. The molecule has 5 nitrogen and oxygen atoms in total. The van der Waals surface area contributed by atoms with Crippen LogP contribution in [0.5, 0.6) is 5.75 Å². The van der Waals surface area contributed by atoms with Crippen LogP contribution in [0, 0.1) is 0 Å². The molecule has 2 rings (SSSR count). The molecule has 0 bridgehead atoms. The van der Waals surface area contributed by atoms with Gasteiger partial charge < -0.3 is 9.15 Å². The monoisotopic (exact) mass is 280 g/mol. The fraction of sp³-hybridized carbons (Fsp3) is 0.385. The summed E-state index contributed by atoms with van der Waals surface area (Å²) < 4.78 is 10.4. The van der Waals surface area contributed by atoms with Crippen molar-refractivity contribution in [1.82, 2.24) is 10.2 Å². The summed E-state index contributed by atoms with van der Waals surface area (Å²) in [5, 5.41) is 5.95. The van der Waals surface area contributed by atoms with Gasteiger partial charge in [-0.05, 0) is 24.1 Å². The molecule has 0 amide bonds. The maximum Gasteiger partial charge on any atom is 0.434 e. The minimum absolute atomic E-state index is 0.419. The molecule has 2 aromatic rings. The minimum Gasteiger partial charge on any atom is -0.493 e. The number of hydrogen-bond donors (Lipinski definition) is 1. The van der Waals surface area contributed by atoms with Crippen molar-refractivity contribution in [2.24, 2.45) is 0 Å². The molecule has 1 N–H and O–H groups in total. The van der Waals surface area contributed by atoms with Crippen LogP contribution in [0.15, 0.2) is 33.5 Å². The SMILES string of the molecule is CCc1ccc(OCCSCc2n[nH]c(=O)o2)cc1. The van der Waals surface area contributed by atoms with Gasteiger partial charge in [0, 0.05) is 5.75 Å². The molecular formula is C13H16N2O3S. The van der Waals surface area contributed by atoms with Crippen molar-refractivity contribution in [3.05, 3.63) is 46.3 Å². The summed E-state index contributed by atoms with van der Waals surface area (Å²) in [5.74, 6) is 2.16. The number of H-pyrrole nitrogens is 1. The predicted octanol–water partition coefficient (Wildman–Crippen LogP) is 2.24. The van der Waals surface area contributed by atoms with Gasteiger partial charge in [0.05, 0.1) is 12.4 Å². The Morgan fingerprint density at radius 2 is 2.16 bits per heavy atom. The van der Waals surface area contributed by atoms with E-state index in [-0.39, 0.29) is 0 Å². The molecule has 1 aromatic heterocycles. The number of hydrogen-bond acceptors (Lipinski definition) is 5. The number of nitrogens with zero attached hydrogens (tertiary/aromatic N) is 1. The Kier molecular flexibility index (Phi) is 5.09. The first-order valence-electron chi connectivity index (χ1n) is 6.12. The number of ether oxygens (including phenoxy) is 1. The number of thioether (sulfide) groups is 1. The third kappa shape index (κ3) is 4.48. The molecule has 0 saturated heterocycles. The second kappa shape index (κ2) is 7.04. The van der Waals surface area contributed by atoms with Crippen molar-refractivity contribution in [2.45, 2.75) is 19.1 Å². The second-order valence-electron chi connectivity index (χ2n) is 3.91. The van der Waals surface area contributed by atoms with Gasteiger partial charge >= 0.3 is 5.76 Å². The zero-order valence-electron chi connectivity index (χ0n) is 10.7. The fourth-order valence-electron chi connectivity index (χ4n) is 1.52. The summed E-state index contributed by atoms with van der Waals surface area (Å²) in [6, 6.07) is 8.11. The topological polar surface area (TPSA) is 68.1 Å². The molecule has 0 aliphatic rings. The van der Waals surface area contributed by atoms with Crippen molar-refractivity contribution in [1.29, 1.82) is 0 Å². The lowest BCUT2D eigenvalue weighted by Crippen LogP contribution is -2.00. The normalized spacial score (nSPS) is 10.6. The summed E-state index contributed by atoms with van der Waals surface area (Å²) in [5.41, 5.74) is 1.30. The molecule has 6 heteroatoms. The van der Waals surface area contributed by atoms with Crippen LogP contribution in [0.3, 0.4) is 0 Å². The predicted molar refractivity (Wildman–Crippen MR) is 74.6 cm³/mol. The lowest BCUT2D eigenvalue weighted by Gasteiger charge is -2.06. The van der Waals surface area contributed by atoms with Gasteiger partial charge in [0.15, 0.2) is 0 Å². The van der Waals surface area contributed by atoms with Crippen LogP contribution in [-0.4, -0.2) is 22.6 Å². The molecule has 0 unspecified atom stereocenters. The Morgan fingerprint density at radius 3 is 2.79 bits per heavy atom. The van der Waals surface area contributed by atoms with E-state index in [0.717, 1.165) is 17.9 Å². The van der Waals surface area contributed by atoms with Crippen LogP contribution in [0.2, 0.25) is 0 Å². The van der Waals surface area contributed by atoms with Crippen molar-refractivity contribution < 1.29 is 9.15 Å². The number of nitrogens with one attached hydrogen (secondary N) is 1. The molecule has 1 heterocycles. The van der Waals surface area contributed by atoms with Crippen LogP contribution in [0.4, 0.5) is 0 Å². The van der Waals surface area contributed by atoms with Crippen LogP contribution >= 0.6 is 11.8 Å². The first kappa shape index (κ1) is 13.7. The molecule has 0 radical (unpaired) electrons. The van der Waals surface area contributed by atoms with E-state index < -0.39 is 5.76 Å². The third-order valence-corrected chi connectivity index (χ3v) is 3.44. The van der Waals surface area contributed by atoms with Crippen molar-refractivity contribution in [3.63, 3.8) is 0 Å². The van der Waals surface area contributed by atoms with E-state index in [2.05, 4.69) is 29.3 Å². The zero-order chi connectivity index (χ0) is 13.5. The number of rotatable bonds is 7. The van der Waals surface area contributed by atoms with Crippen LogP contribution in [-0.2, 0) is 12.2 Å². The molecule has 0 aliphatic heterocycles. The summed E-state index contributed by atoms with van der Waals surface area (Å²) in [6.07, 6.45) is 1.03. The van der Waals surface area contributed by atoms with Gasteiger partial charge in [-0.15, -0.1) is 16.9 Å². The van der Waals surface area contributed by atoms with Crippen LogP contribution < -0.4 is 10.5 Å². The Labute approximate surface area is 115 Å². The number of aryl methyl sites for hydroxylation is 1. The van der Waals surface area contributed by atoms with Gasteiger partial charge in [0.25, 0.3) is 0 Å². The zero-order valence-corrected chi connectivity index (χ0v) is 11.5. The summed E-state index contributed by atoms with van der Waals surface area (Å²) in [6.45, 7) is 2.74. The molecule has 0 aliphatic carbocycles. The molecule has 1 aromatic carbocycles. The molecule has 19 heavy (non-hydrogen) atoms. The van der Waals surface area contributed by atoms with Crippen molar-refractivity contribution >= 4 is 11.8 Å². The number of benzene rings is 1. The minimum atomic E-state index is -0.511. The number of aromatic amines is 1. The van der Waals surface area contributed by atoms with E-state index in [1.165, 1.54) is 5.56 Å². The van der Waals surface area contributed by atoms with Crippen molar-refractivity contribution in [2.75, 3.05) is 12.4 Å². The van der Waals surface area contributed by atoms with Crippen LogP contribution in [0.25, 0.3) is 0 Å². The van der Waals surface area contributed by atoms with Gasteiger partial charge in [-0.25, -0.2) is 9.89 Å². The summed E-state index contributed by atoms with van der Waals surface area (Å²) >= 11 is 1.61. The second-order valence-corrected chi connectivity index (χ2v) is 5.01. The largest absolute Gasteiger partial charge is 0.493 e. The van der Waals surface area contributed by atoms with E-state index >= 15 is 0 Å². The molecule has 0 fully saturated rings. The highest BCUT2D eigenvalue weighted by Gasteiger charge is 2.01. The van der Waals surface area contributed by atoms with Gasteiger partial charge in [0.2, 0.25) is 5.89 Å². The van der Waals surface area contributed by atoms with Gasteiger partial charge in [-0.2, -0.15) is 0 Å². The Morgan fingerprint density at radius 1 is 1.37 bits per heavy atom. The highest BCUT2D eigenvalue weighted by atomic mass is 32.2. The lowest BCUT2D eigenvalue weighted by molar-refractivity contribution is 0.344. The maximum atomic E-state index is 10.7. The van der Waals surface area contributed by atoms with E-state index in [4.69, 9.17) is 9.15 Å². The fourth-order valence-corrected chi connectivity index (χ4v) is 2.17. The van der Waals surface area contributed by atoms with E-state index in [1.807, 2.05) is 12.1 Å². The van der Waals surface area contributed by atoms with Crippen molar-refractivity contribution in [3.8, 4) is 5.75 Å². The van der Waals surface area contributed by atoms with Gasteiger partial charge in [-0.1, -0.05) is 19.1 Å². The first-order chi connectivity index (χ1) is 9.28. The Balaban J connectivity index is 1.64. The van der Waals surface area contributed by atoms with E-state index in [1.54, 1.807) is 11.8 Å². The quantitative estimate of drug-likeness (QED) is 0.788. The maximum absolute atomic E-state index is 10.7. The van der Waals surface area contributed by atoms with Crippen LogP contribution in [0.1, 0.15) is 18.4 Å². The molecule has 0 atom stereocenters. The number of aromatic nitrogens is 2. The molecule has 0 saturated carbocycles. The Bertz CT molecular complexity index is 548. The first-order valence-corrected chi connectivity index (χ1v) is 7.27. The third-order valence-electron chi connectivity index (χ3n) is 2.54. The average Bonchev–Trinajstić information content (AvgIpc) is 2.85. The average molecular weight is 280 g/mol. The molecule has 0 spiro atoms. The Hall–Kier alpha value is -1.69. The highest BCUT2D eigenvalue weighted by molar-refractivity contribution is 7.98. The smallest absolute Gasteiger partial charge is 0.434 e. The lowest BCUT2D eigenvalue weighted by atomic mass is 10.2.